The minimum absolute atomic E-state index is 0.0516. The minimum atomic E-state index is -0.0516. The van der Waals surface area contributed by atoms with Crippen molar-refractivity contribution in [3.63, 3.8) is 0 Å². The average Bonchev–Trinajstić information content (AvgIpc) is 2.36. The molecule has 1 aliphatic heterocycles. The Morgan fingerprint density at radius 2 is 2.17 bits per heavy atom. The molecule has 1 saturated heterocycles. The smallest absolute Gasteiger partial charge is 0.227 e. The van der Waals surface area contributed by atoms with Crippen LogP contribution in [0.15, 0.2) is 0 Å². The number of nitrogens with two attached hydrogens (primary N) is 1. The fraction of sp³-hybridized carbons (Fsp3) is 0.929. The molecule has 0 aromatic carbocycles. The summed E-state index contributed by atoms with van der Waals surface area (Å²) in [5.41, 5.74) is 5.75. The molecule has 18 heavy (non-hydrogen) atoms. The van der Waals surface area contributed by atoms with E-state index in [1.165, 1.54) is 0 Å². The molecule has 0 aromatic rings. The number of carbonyl (C=O) groups excluding carboxylic acids is 1. The molecule has 0 spiro atoms. The summed E-state index contributed by atoms with van der Waals surface area (Å²) < 4.78 is 0. The van der Waals surface area contributed by atoms with Crippen LogP contribution >= 0.6 is 0 Å². The van der Waals surface area contributed by atoms with Gasteiger partial charge >= 0.3 is 0 Å². The van der Waals surface area contributed by atoms with Gasteiger partial charge in [-0.1, -0.05) is 13.8 Å². The molecule has 0 aromatic heterocycles. The Kier molecular flexibility index (Phi) is 6.65. The van der Waals surface area contributed by atoms with Gasteiger partial charge in [0.15, 0.2) is 0 Å². The summed E-state index contributed by atoms with van der Waals surface area (Å²) in [7, 11) is 0. The van der Waals surface area contributed by atoms with Crippen LogP contribution in [0.25, 0.3) is 0 Å². The van der Waals surface area contributed by atoms with E-state index in [-0.39, 0.29) is 24.5 Å². The fourth-order valence-corrected chi connectivity index (χ4v) is 2.84. The van der Waals surface area contributed by atoms with Crippen molar-refractivity contribution in [2.24, 2.45) is 17.6 Å². The van der Waals surface area contributed by atoms with Gasteiger partial charge in [-0.05, 0) is 38.0 Å². The van der Waals surface area contributed by atoms with Gasteiger partial charge in [-0.15, -0.1) is 0 Å². The van der Waals surface area contributed by atoms with Crippen molar-refractivity contribution in [2.45, 2.75) is 52.0 Å². The Balaban J connectivity index is 2.65. The number of hydrogen-bond acceptors (Lipinski definition) is 3. The lowest BCUT2D eigenvalue weighted by atomic mass is 9.92. The van der Waals surface area contributed by atoms with Crippen molar-refractivity contribution >= 4 is 5.91 Å². The number of amides is 1. The van der Waals surface area contributed by atoms with E-state index < -0.39 is 0 Å². The number of nitrogens with zero attached hydrogens (tertiary/aromatic N) is 1. The molecular formula is C14H28N2O2. The van der Waals surface area contributed by atoms with E-state index in [1.54, 1.807) is 0 Å². The van der Waals surface area contributed by atoms with Gasteiger partial charge in [-0.2, -0.15) is 0 Å². The second-order valence-electron chi connectivity index (χ2n) is 5.76. The first-order valence-electron chi connectivity index (χ1n) is 7.21. The van der Waals surface area contributed by atoms with Crippen molar-refractivity contribution in [2.75, 3.05) is 19.7 Å². The highest BCUT2D eigenvalue weighted by molar-refractivity contribution is 5.79. The third-order valence-electron chi connectivity index (χ3n) is 3.76. The number of carbonyl (C=O) groups is 1. The first-order chi connectivity index (χ1) is 8.60. The van der Waals surface area contributed by atoms with Crippen LogP contribution in [0.3, 0.4) is 0 Å². The molecule has 2 unspecified atom stereocenters. The molecule has 1 amide bonds. The van der Waals surface area contributed by atoms with Crippen molar-refractivity contribution in [1.82, 2.24) is 4.90 Å². The number of aliphatic hydroxyl groups is 1. The van der Waals surface area contributed by atoms with E-state index in [0.29, 0.717) is 18.9 Å². The molecule has 3 N–H and O–H groups in total. The van der Waals surface area contributed by atoms with Crippen LogP contribution in [0.1, 0.15) is 46.0 Å². The lowest BCUT2D eigenvalue weighted by Gasteiger charge is -2.38. The van der Waals surface area contributed by atoms with E-state index >= 15 is 0 Å². The van der Waals surface area contributed by atoms with Gasteiger partial charge in [0.1, 0.15) is 0 Å². The Morgan fingerprint density at radius 1 is 1.44 bits per heavy atom. The maximum atomic E-state index is 12.5. The van der Waals surface area contributed by atoms with Crippen LogP contribution < -0.4 is 5.73 Å². The van der Waals surface area contributed by atoms with Gasteiger partial charge in [0.2, 0.25) is 5.91 Å². The summed E-state index contributed by atoms with van der Waals surface area (Å²) in [4.78, 5) is 14.5. The molecule has 2 atom stereocenters. The molecule has 1 heterocycles. The van der Waals surface area contributed by atoms with Crippen LogP contribution in [0, 0.1) is 11.8 Å². The number of rotatable bonds is 6. The highest BCUT2D eigenvalue weighted by atomic mass is 16.3. The summed E-state index contributed by atoms with van der Waals surface area (Å²) in [6.07, 6.45) is 4.81. The standard InChI is InChI=1S/C14H28N2O2/c1-11(2)9-12(10-15)14(18)16-7-4-3-5-13(16)6-8-17/h11-13,17H,3-10,15H2,1-2H3. The molecule has 0 saturated carbocycles. The minimum Gasteiger partial charge on any atom is -0.396 e. The van der Waals surface area contributed by atoms with Gasteiger partial charge in [-0.25, -0.2) is 0 Å². The van der Waals surface area contributed by atoms with Crippen LogP contribution in [-0.2, 0) is 4.79 Å². The van der Waals surface area contributed by atoms with Gasteiger partial charge in [-0.3, -0.25) is 4.79 Å². The average molecular weight is 256 g/mol. The molecule has 0 bridgehead atoms. The highest BCUT2D eigenvalue weighted by Crippen LogP contribution is 2.23. The normalized spacial score (nSPS) is 22.3. The number of piperidine rings is 1. The lowest BCUT2D eigenvalue weighted by molar-refractivity contribution is -0.139. The topological polar surface area (TPSA) is 66.6 Å². The second kappa shape index (κ2) is 7.74. The molecule has 1 fully saturated rings. The second-order valence-corrected chi connectivity index (χ2v) is 5.76. The number of aliphatic hydroxyl groups excluding tert-OH is 1. The third-order valence-corrected chi connectivity index (χ3v) is 3.76. The molecular weight excluding hydrogens is 228 g/mol. The Labute approximate surface area is 111 Å². The molecule has 106 valence electrons. The Bertz CT molecular complexity index is 254. The first kappa shape index (κ1) is 15.4. The maximum absolute atomic E-state index is 12.5. The molecule has 4 nitrogen and oxygen atoms in total. The van der Waals surface area contributed by atoms with Crippen LogP contribution in [0.2, 0.25) is 0 Å². The van der Waals surface area contributed by atoms with Crippen LogP contribution in [0.5, 0.6) is 0 Å². The predicted molar refractivity (Wildman–Crippen MR) is 73.1 cm³/mol. The zero-order valence-corrected chi connectivity index (χ0v) is 11.8. The van der Waals surface area contributed by atoms with Crippen molar-refractivity contribution in [1.29, 1.82) is 0 Å². The maximum Gasteiger partial charge on any atom is 0.227 e. The summed E-state index contributed by atoms with van der Waals surface area (Å²) in [6, 6.07) is 0.220. The summed E-state index contributed by atoms with van der Waals surface area (Å²) in [5, 5.41) is 9.10. The zero-order valence-electron chi connectivity index (χ0n) is 11.8. The lowest BCUT2D eigenvalue weighted by Crippen LogP contribution is -2.48. The predicted octanol–water partition coefficient (Wildman–Crippen LogP) is 1.37. The molecule has 1 rings (SSSR count). The van der Waals surface area contributed by atoms with E-state index in [1.807, 2.05) is 4.90 Å². The third kappa shape index (κ3) is 4.25. The van der Waals surface area contributed by atoms with Crippen LogP contribution in [0.4, 0.5) is 0 Å². The zero-order chi connectivity index (χ0) is 13.5. The Hall–Kier alpha value is -0.610. The van der Waals surface area contributed by atoms with Gasteiger partial charge in [0.05, 0.1) is 5.92 Å². The molecule has 0 radical (unpaired) electrons. The number of hydrogen-bond donors (Lipinski definition) is 2. The van der Waals surface area contributed by atoms with E-state index in [9.17, 15) is 4.79 Å². The molecule has 0 aliphatic carbocycles. The van der Waals surface area contributed by atoms with Crippen molar-refractivity contribution < 1.29 is 9.90 Å². The summed E-state index contributed by atoms with van der Waals surface area (Å²) in [6.45, 7) is 5.66. The van der Waals surface area contributed by atoms with Crippen LogP contribution in [-0.4, -0.2) is 41.7 Å². The summed E-state index contributed by atoms with van der Waals surface area (Å²) in [5.74, 6) is 0.636. The van der Waals surface area contributed by atoms with Gasteiger partial charge < -0.3 is 15.7 Å². The van der Waals surface area contributed by atoms with E-state index in [0.717, 1.165) is 32.2 Å². The SMILES string of the molecule is CC(C)CC(CN)C(=O)N1CCCCC1CCO. The molecule has 1 aliphatic rings. The number of likely N-dealkylation sites (tertiary alicyclic amines) is 1. The van der Waals surface area contributed by atoms with Crippen molar-refractivity contribution in [3.05, 3.63) is 0 Å². The largest absolute Gasteiger partial charge is 0.396 e. The van der Waals surface area contributed by atoms with E-state index in [2.05, 4.69) is 13.8 Å². The monoisotopic (exact) mass is 256 g/mol. The highest BCUT2D eigenvalue weighted by Gasteiger charge is 2.30. The molecule has 4 heteroatoms. The summed E-state index contributed by atoms with van der Waals surface area (Å²) >= 11 is 0. The quantitative estimate of drug-likeness (QED) is 0.754. The van der Waals surface area contributed by atoms with Crippen molar-refractivity contribution in [3.8, 4) is 0 Å². The first-order valence-corrected chi connectivity index (χ1v) is 7.21. The van der Waals surface area contributed by atoms with E-state index in [4.69, 9.17) is 10.8 Å². The van der Waals surface area contributed by atoms with Gasteiger partial charge in [0, 0.05) is 25.7 Å². The fourth-order valence-electron chi connectivity index (χ4n) is 2.84. The Morgan fingerprint density at radius 3 is 2.72 bits per heavy atom. The van der Waals surface area contributed by atoms with Gasteiger partial charge in [0.25, 0.3) is 0 Å².